The molecule has 0 aliphatic carbocycles. The number of rotatable bonds is 16. The van der Waals surface area contributed by atoms with E-state index in [9.17, 15) is 5.11 Å². The lowest BCUT2D eigenvalue weighted by Gasteiger charge is -2.14. The second-order valence-electron chi connectivity index (χ2n) is 7.94. The van der Waals surface area contributed by atoms with E-state index in [1.54, 1.807) is 6.07 Å². The highest BCUT2D eigenvalue weighted by Gasteiger charge is 2.09. The zero-order valence-corrected chi connectivity index (χ0v) is 20.3. The van der Waals surface area contributed by atoms with Crippen molar-refractivity contribution in [3.63, 3.8) is 0 Å². The van der Waals surface area contributed by atoms with Crippen LogP contribution in [0.4, 0.5) is 0 Å². The normalized spacial score (nSPS) is 12.0. The number of unbranched alkanes of at least 4 members (excludes halogenated alkanes) is 13. The largest absolute Gasteiger partial charge is 0.508 e. The van der Waals surface area contributed by atoms with Crippen molar-refractivity contribution in [2.24, 2.45) is 0 Å². The third-order valence-electron chi connectivity index (χ3n) is 5.44. The smallest absolute Gasteiger partial charge is 0.115 e. The van der Waals surface area contributed by atoms with Crippen LogP contribution in [-0.4, -0.2) is 5.11 Å². The molecule has 0 aliphatic heterocycles. The quantitative estimate of drug-likeness (QED) is 0.187. The fourth-order valence-electron chi connectivity index (χ4n) is 3.72. The van der Waals surface area contributed by atoms with Crippen molar-refractivity contribution in [2.75, 3.05) is 0 Å². The van der Waals surface area contributed by atoms with Crippen LogP contribution in [0.2, 0.25) is 0 Å². The molecule has 1 rings (SSSR count). The molecule has 0 saturated heterocycles. The van der Waals surface area contributed by atoms with Gasteiger partial charge in [-0.15, -0.1) is 17.0 Å². The second kappa shape index (κ2) is 17.9. The van der Waals surface area contributed by atoms with Gasteiger partial charge in [-0.1, -0.05) is 103 Å². The molecule has 0 spiro atoms. The Bertz CT molecular complexity index is 464. The number of aryl methyl sites for hydroxylation is 1. The first-order valence-electron chi connectivity index (χ1n) is 11.1. The maximum atomic E-state index is 9.50. The lowest BCUT2D eigenvalue weighted by molar-refractivity contribution is 0.474. The third kappa shape index (κ3) is 13.6. The van der Waals surface area contributed by atoms with Gasteiger partial charge in [-0.2, -0.15) is 12.6 Å². The number of aromatic hydroxyl groups is 1. The predicted octanol–water partition coefficient (Wildman–Crippen LogP) is 9.12. The van der Waals surface area contributed by atoms with Crippen molar-refractivity contribution in [3.05, 3.63) is 29.3 Å². The van der Waals surface area contributed by atoms with Gasteiger partial charge in [0.25, 0.3) is 0 Å². The molecule has 0 saturated carbocycles. The minimum Gasteiger partial charge on any atom is -0.508 e. The van der Waals surface area contributed by atoms with E-state index in [1.165, 1.54) is 95.5 Å². The molecule has 1 atom stereocenters. The summed E-state index contributed by atoms with van der Waals surface area (Å²) in [7, 11) is 0. The Morgan fingerprint density at radius 3 is 1.67 bits per heavy atom. The van der Waals surface area contributed by atoms with Crippen molar-refractivity contribution in [3.8, 4) is 5.75 Å². The fraction of sp³-hybridized carbons (Fsp3) is 0.750. The molecule has 0 fully saturated rings. The zero-order valence-electron chi connectivity index (χ0n) is 17.7. The average Bonchev–Trinajstić information content (AvgIpc) is 2.61. The van der Waals surface area contributed by atoms with Crippen LogP contribution in [0.5, 0.6) is 5.75 Å². The van der Waals surface area contributed by atoms with Gasteiger partial charge in [0.05, 0.1) is 0 Å². The van der Waals surface area contributed by atoms with Crippen molar-refractivity contribution in [2.45, 2.75) is 115 Å². The molecular formula is C24H43BrOS. The number of thiol groups is 1. The van der Waals surface area contributed by atoms with E-state index in [-0.39, 0.29) is 17.0 Å². The zero-order chi connectivity index (χ0) is 19.0. The van der Waals surface area contributed by atoms with Gasteiger partial charge < -0.3 is 5.11 Å². The summed E-state index contributed by atoms with van der Waals surface area (Å²) in [6.45, 7) is 4.34. The molecule has 0 amide bonds. The van der Waals surface area contributed by atoms with E-state index in [0.717, 1.165) is 12.0 Å². The summed E-state index contributed by atoms with van der Waals surface area (Å²) in [4.78, 5) is 0. The summed E-state index contributed by atoms with van der Waals surface area (Å²) in [6.07, 6.45) is 20.8. The molecule has 0 heterocycles. The Hall–Kier alpha value is -0.150. The predicted molar refractivity (Wildman–Crippen MR) is 130 cm³/mol. The molecule has 0 aliphatic rings. The van der Waals surface area contributed by atoms with Crippen LogP contribution >= 0.6 is 29.6 Å². The third-order valence-corrected chi connectivity index (χ3v) is 5.98. The van der Waals surface area contributed by atoms with Crippen molar-refractivity contribution in [1.29, 1.82) is 0 Å². The molecule has 1 N–H and O–H groups in total. The van der Waals surface area contributed by atoms with Crippen LogP contribution in [0.15, 0.2) is 18.2 Å². The molecule has 0 radical (unpaired) electrons. The molecule has 0 aromatic heterocycles. The van der Waals surface area contributed by atoms with Crippen molar-refractivity contribution in [1.82, 2.24) is 0 Å². The fourth-order valence-corrected chi connectivity index (χ4v) is 4.19. The molecule has 1 nitrogen and oxygen atoms in total. The molecule has 1 aromatic rings. The summed E-state index contributed by atoms with van der Waals surface area (Å²) >= 11 is 4.76. The Balaban J connectivity index is 0.00000676. The van der Waals surface area contributed by atoms with Gasteiger partial charge in [0, 0.05) is 5.25 Å². The van der Waals surface area contributed by atoms with Gasteiger partial charge in [0.2, 0.25) is 0 Å². The van der Waals surface area contributed by atoms with Gasteiger partial charge in [0.15, 0.2) is 0 Å². The average molecular weight is 460 g/mol. The van der Waals surface area contributed by atoms with E-state index >= 15 is 0 Å². The first-order valence-corrected chi connectivity index (χ1v) is 11.6. The summed E-state index contributed by atoms with van der Waals surface area (Å²) in [5.74, 6) is 0.350. The number of phenols is 1. The Kier molecular flexibility index (Phi) is 17.8. The summed E-state index contributed by atoms with van der Waals surface area (Å²) in [5.41, 5.74) is 2.41. The van der Waals surface area contributed by atoms with Gasteiger partial charge in [-0.05, 0) is 36.6 Å². The van der Waals surface area contributed by atoms with Gasteiger partial charge in [-0.3, -0.25) is 0 Å². The number of benzene rings is 1. The summed E-state index contributed by atoms with van der Waals surface area (Å²) in [6, 6.07) is 5.63. The highest BCUT2D eigenvalue weighted by molar-refractivity contribution is 8.93. The van der Waals surface area contributed by atoms with E-state index in [1.807, 2.05) is 12.1 Å². The molecule has 3 heteroatoms. The highest BCUT2D eigenvalue weighted by atomic mass is 79.9. The Labute approximate surface area is 184 Å². The van der Waals surface area contributed by atoms with Crippen LogP contribution in [0.1, 0.15) is 120 Å². The number of phenolic OH excluding ortho intramolecular Hbond substituents is 1. The van der Waals surface area contributed by atoms with Crippen molar-refractivity contribution < 1.29 is 5.11 Å². The summed E-state index contributed by atoms with van der Waals surface area (Å²) in [5, 5.41) is 9.80. The van der Waals surface area contributed by atoms with Gasteiger partial charge >= 0.3 is 0 Å². The molecular weight excluding hydrogens is 416 g/mol. The highest BCUT2D eigenvalue weighted by Crippen LogP contribution is 2.30. The maximum absolute atomic E-state index is 9.50. The lowest BCUT2D eigenvalue weighted by Crippen LogP contribution is -1.94. The standard InChI is InChI=1S/C24H42OS.BrH/c1-3-4-5-6-7-8-9-10-11-12-13-14-15-16-17-24(26)23-19-18-22(25)20-21(23)2;/h18-20,24-26H,3-17H2,1-2H3;1H. The van der Waals surface area contributed by atoms with E-state index in [2.05, 4.69) is 13.8 Å². The van der Waals surface area contributed by atoms with E-state index in [0.29, 0.717) is 11.0 Å². The van der Waals surface area contributed by atoms with Crippen LogP contribution in [0.3, 0.4) is 0 Å². The Morgan fingerprint density at radius 2 is 1.22 bits per heavy atom. The molecule has 1 aromatic carbocycles. The number of hydrogen-bond acceptors (Lipinski definition) is 2. The molecule has 158 valence electrons. The first kappa shape index (κ1) is 26.9. The lowest BCUT2D eigenvalue weighted by atomic mass is 10.00. The van der Waals surface area contributed by atoms with Crippen LogP contribution < -0.4 is 0 Å². The number of hydrogen-bond donors (Lipinski definition) is 2. The van der Waals surface area contributed by atoms with E-state index < -0.39 is 0 Å². The van der Waals surface area contributed by atoms with Gasteiger partial charge in [0.1, 0.15) is 5.75 Å². The van der Waals surface area contributed by atoms with Crippen molar-refractivity contribution >= 4 is 29.6 Å². The molecule has 27 heavy (non-hydrogen) atoms. The minimum absolute atomic E-state index is 0. The number of halogens is 1. The van der Waals surface area contributed by atoms with Gasteiger partial charge in [-0.25, -0.2) is 0 Å². The topological polar surface area (TPSA) is 20.2 Å². The Morgan fingerprint density at radius 1 is 0.778 bits per heavy atom. The van der Waals surface area contributed by atoms with E-state index in [4.69, 9.17) is 12.6 Å². The molecule has 1 unspecified atom stereocenters. The second-order valence-corrected chi connectivity index (χ2v) is 8.56. The van der Waals surface area contributed by atoms with Crippen LogP contribution in [0, 0.1) is 6.92 Å². The monoisotopic (exact) mass is 458 g/mol. The summed E-state index contributed by atoms with van der Waals surface area (Å²) < 4.78 is 0. The first-order chi connectivity index (χ1) is 12.6. The SMILES string of the molecule is Br.CCCCCCCCCCCCCCCCC(S)c1ccc(O)cc1C. The molecule has 0 bridgehead atoms. The van der Waals surface area contributed by atoms with Crippen LogP contribution in [0.25, 0.3) is 0 Å². The van der Waals surface area contributed by atoms with Crippen LogP contribution in [-0.2, 0) is 0 Å². The minimum atomic E-state index is 0. The maximum Gasteiger partial charge on any atom is 0.115 e.